The third-order valence-corrected chi connectivity index (χ3v) is 6.16. The van der Waals surface area contributed by atoms with Crippen LogP contribution in [-0.4, -0.2) is 47.5 Å². The number of methoxy groups -OCH3 is 1. The van der Waals surface area contributed by atoms with E-state index in [-0.39, 0.29) is 11.9 Å². The van der Waals surface area contributed by atoms with Gasteiger partial charge in [0, 0.05) is 37.8 Å². The van der Waals surface area contributed by atoms with Gasteiger partial charge in [0.25, 0.3) is 0 Å². The van der Waals surface area contributed by atoms with Gasteiger partial charge < -0.3 is 14.5 Å². The summed E-state index contributed by atoms with van der Waals surface area (Å²) in [5.41, 5.74) is 3.53. The van der Waals surface area contributed by atoms with Gasteiger partial charge in [0.05, 0.1) is 13.2 Å². The topological polar surface area (TPSA) is 58.6 Å². The molecule has 3 heterocycles. The Kier molecular flexibility index (Phi) is 5.69. The third-order valence-electron chi connectivity index (χ3n) is 6.16. The van der Waals surface area contributed by atoms with Gasteiger partial charge in [-0.2, -0.15) is 0 Å². The van der Waals surface area contributed by atoms with Crippen LogP contribution < -0.4 is 9.64 Å². The van der Waals surface area contributed by atoms with E-state index in [1.165, 1.54) is 11.1 Å². The van der Waals surface area contributed by atoms with Crippen LogP contribution in [0, 0.1) is 6.92 Å². The summed E-state index contributed by atoms with van der Waals surface area (Å²) >= 11 is 0. The molecule has 1 atom stereocenters. The number of ether oxygens (including phenoxy) is 1. The highest BCUT2D eigenvalue weighted by Crippen LogP contribution is 2.34. The minimum absolute atomic E-state index is 0.00879. The second-order valence-electron chi connectivity index (χ2n) is 7.99. The van der Waals surface area contributed by atoms with Crippen LogP contribution in [0.2, 0.25) is 0 Å². The minimum Gasteiger partial charge on any atom is -0.496 e. The zero-order chi connectivity index (χ0) is 20.4. The smallest absolute Gasteiger partial charge is 0.220 e. The van der Waals surface area contributed by atoms with E-state index in [1.807, 2.05) is 17.0 Å². The third kappa shape index (κ3) is 3.93. The maximum atomic E-state index is 12.0. The normalized spacial score (nSPS) is 18.7. The first kappa shape index (κ1) is 19.7. The summed E-state index contributed by atoms with van der Waals surface area (Å²) in [4.78, 5) is 26.2. The molecule has 0 N–H and O–H groups in total. The van der Waals surface area contributed by atoms with Crippen LogP contribution >= 0.6 is 0 Å². The predicted molar refractivity (Wildman–Crippen MR) is 113 cm³/mol. The highest BCUT2D eigenvalue weighted by atomic mass is 16.5. The number of likely N-dealkylation sites (tertiary alicyclic amines) is 1. The highest BCUT2D eigenvalue weighted by Gasteiger charge is 2.32. The van der Waals surface area contributed by atoms with Crippen molar-refractivity contribution < 1.29 is 9.53 Å². The van der Waals surface area contributed by atoms with E-state index in [0.29, 0.717) is 0 Å². The van der Waals surface area contributed by atoms with Gasteiger partial charge in [-0.25, -0.2) is 9.97 Å². The molecule has 0 bridgehead atoms. The molecule has 4 rings (SSSR count). The van der Waals surface area contributed by atoms with E-state index >= 15 is 0 Å². The molecule has 2 aliphatic rings. The van der Waals surface area contributed by atoms with Crippen molar-refractivity contribution in [3.63, 3.8) is 0 Å². The molecule has 0 radical (unpaired) electrons. The van der Waals surface area contributed by atoms with Crippen molar-refractivity contribution >= 4 is 11.7 Å². The number of carbonyl (C=O) groups is 1. The standard InChI is InChI=1S/C23H30N4O2/c1-16-19-9-6-13-26(15-12-18-8-4-5-11-21(18)29-3)23(19)25-22(24-16)20-10-7-14-27(20)17(2)28/h4-5,8,11,20H,6-7,9-10,12-15H2,1-3H3/t20-/m1/s1. The SMILES string of the molecule is COc1ccccc1CCN1CCCc2c(C)nc([C@H]3CCCN3C(C)=O)nc21. The van der Waals surface area contributed by atoms with Gasteiger partial charge in [-0.15, -0.1) is 0 Å². The Balaban J connectivity index is 1.60. The van der Waals surface area contributed by atoms with Crippen molar-refractivity contribution in [3.8, 4) is 5.75 Å². The maximum absolute atomic E-state index is 12.0. The van der Waals surface area contributed by atoms with Gasteiger partial charge in [-0.05, 0) is 50.7 Å². The van der Waals surface area contributed by atoms with Gasteiger partial charge in [-0.3, -0.25) is 4.79 Å². The lowest BCUT2D eigenvalue weighted by Crippen LogP contribution is -2.35. The largest absolute Gasteiger partial charge is 0.496 e. The van der Waals surface area contributed by atoms with E-state index in [0.717, 1.165) is 74.8 Å². The van der Waals surface area contributed by atoms with Gasteiger partial charge in [0.1, 0.15) is 11.6 Å². The molecule has 0 unspecified atom stereocenters. The number of carbonyl (C=O) groups excluding carboxylic acids is 1. The van der Waals surface area contributed by atoms with Crippen LogP contribution in [0.15, 0.2) is 24.3 Å². The highest BCUT2D eigenvalue weighted by molar-refractivity contribution is 5.74. The first-order valence-corrected chi connectivity index (χ1v) is 10.6. The number of amides is 1. The number of aryl methyl sites for hydroxylation is 1. The van der Waals surface area contributed by atoms with E-state index < -0.39 is 0 Å². The van der Waals surface area contributed by atoms with Gasteiger partial charge >= 0.3 is 0 Å². The molecule has 1 fully saturated rings. The van der Waals surface area contributed by atoms with E-state index in [9.17, 15) is 4.79 Å². The quantitative estimate of drug-likeness (QED) is 0.777. The molecular formula is C23H30N4O2. The molecule has 1 saturated heterocycles. The Hall–Kier alpha value is -2.63. The lowest BCUT2D eigenvalue weighted by atomic mass is 10.0. The molecule has 154 valence electrons. The summed E-state index contributed by atoms with van der Waals surface area (Å²) in [6.07, 6.45) is 5.00. The fourth-order valence-corrected chi connectivity index (χ4v) is 4.65. The molecule has 1 aromatic heterocycles. The molecule has 6 heteroatoms. The first-order valence-electron chi connectivity index (χ1n) is 10.6. The van der Waals surface area contributed by atoms with Crippen LogP contribution in [0.1, 0.15) is 54.9 Å². The molecular weight excluding hydrogens is 364 g/mol. The zero-order valence-electron chi connectivity index (χ0n) is 17.6. The molecule has 1 amide bonds. The minimum atomic E-state index is 0.00879. The number of hydrogen-bond acceptors (Lipinski definition) is 5. The second kappa shape index (κ2) is 8.39. The summed E-state index contributed by atoms with van der Waals surface area (Å²) in [6.45, 7) is 6.42. The summed E-state index contributed by atoms with van der Waals surface area (Å²) < 4.78 is 5.51. The fraction of sp³-hybridized carbons (Fsp3) is 0.522. The van der Waals surface area contributed by atoms with Crippen molar-refractivity contribution in [1.82, 2.24) is 14.9 Å². The summed E-state index contributed by atoms with van der Waals surface area (Å²) in [6, 6.07) is 8.21. The number of aromatic nitrogens is 2. The number of fused-ring (bicyclic) bond motifs is 1. The van der Waals surface area contributed by atoms with Crippen molar-refractivity contribution in [2.24, 2.45) is 0 Å². The number of hydrogen-bond donors (Lipinski definition) is 0. The number of benzene rings is 1. The summed E-state index contributed by atoms with van der Waals surface area (Å²) in [5.74, 6) is 2.91. The number of para-hydroxylation sites is 1. The van der Waals surface area contributed by atoms with Crippen LogP contribution in [0.3, 0.4) is 0 Å². The lowest BCUT2D eigenvalue weighted by molar-refractivity contribution is -0.129. The second-order valence-corrected chi connectivity index (χ2v) is 7.99. The Morgan fingerprint density at radius 3 is 2.83 bits per heavy atom. The zero-order valence-corrected chi connectivity index (χ0v) is 17.6. The summed E-state index contributed by atoms with van der Waals surface area (Å²) in [5, 5.41) is 0. The van der Waals surface area contributed by atoms with Crippen molar-refractivity contribution in [2.45, 2.75) is 52.0 Å². The van der Waals surface area contributed by atoms with Crippen LogP contribution in [0.4, 0.5) is 5.82 Å². The molecule has 0 aliphatic carbocycles. The van der Waals surface area contributed by atoms with E-state index in [2.05, 4.69) is 24.0 Å². The fourth-order valence-electron chi connectivity index (χ4n) is 4.65. The number of rotatable bonds is 5. The molecule has 2 aliphatic heterocycles. The van der Waals surface area contributed by atoms with Gasteiger partial charge in [-0.1, -0.05) is 18.2 Å². The van der Waals surface area contributed by atoms with Gasteiger partial charge in [0.2, 0.25) is 5.91 Å². The molecule has 29 heavy (non-hydrogen) atoms. The Bertz CT molecular complexity index is 898. The molecule has 0 spiro atoms. The lowest BCUT2D eigenvalue weighted by Gasteiger charge is -2.32. The number of anilines is 1. The molecule has 6 nitrogen and oxygen atoms in total. The average Bonchev–Trinajstić information content (AvgIpc) is 3.23. The summed E-state index contributed by atoms with van der Waals surface area (Å²) in [7, 11) is 1.72. The molecule has 1 aromatic carbocycles. The predicted octanol–water partition coefficient (Wildman–Crippen LogP) is 3.47. The Labute approximate surface area is 172 Å². The average molecular weight is 395 g/mol. The van der Waals surface area contributed by atoms with Crippen molar-refractivity contribution in [2.75, 3.05) is 31.6 Å². The molecule has 2 aromatic rings. The van der Waals surface area contributed by atoms with Crippen LogP contribution in [0.5, 0.6) is 5.75 Å². The van der Waals surface area contributed by atoms with Gasteiger partial charge in [0.15, 0.2) is 5.82 Å². The van der Waals surface area contributed by atoms with E-state index in [1.54, 1.807) is 14.0 Å². The van der Waals surface area contributed by atoms with E-state index in [4.69, 9.17) is 14.7 Å². The molecule has 0 saturated carbocycles. The number of nitrogens with zero attached hydrogens (tertiary/aromatic N) is 4. The van der Waals surface area contributed by atoms with Crippen molar-refractivity contribution in [3.05, 3.63) is 46.9 Å². The maximum Gasteiger partial charge on any atom is 0.220 e. The first-order chi connectivity index (χ1) is 14.1. The van der Waals surface area contributed by atoms with Crippen LogP contribution in [0.25, 0.3) is 0 Å². The van der Waals surface area contributed by atoms with Crippen molar-refractivity contribution in [1.29, 1.82) is 0 Å². The van der Waals surface area contributed by atoms with Crippen LogP contribution in [-0.2, 0) is 17.6 Å². The Morgan fingerprint density at radius 2 is 2.03 bits per heavy atom. The monoisotopic (exact) mass is 394 g/mol. The Morgan fingerprint density at radius 1 is 1.21 bits per heavy atom.